The van der Waals surface area contributed by atoms with Crippen LogP contribution in [0.3, 0.4) is 0 Å². The van der Waals surface area contributed by atoms with E-state index in [0.717, 1.165) is 21.8 Å². The molecule has 7 nitrogen and oxygen atoms in total. The molecule has 0 N–H and O–H groups in total. The molecule has 0 spiro atoms. The van der Waals surface area contributed by atoms with Crippen LogP contribution in [0.25, 0.3) is 0 Å². The van der Waals surface area contributed by atoms with Gasteiger partial charge >= 0.3 is 0 Å². The molecule has 46 heavy (non-hydrogen) atoms. The highest BCUT2D eigenvalue weighted by atomic mass is 16.2. The molecule has 0 saturated heterocycles. The van der Waals surface area contributed by atoms with Gasteiger partial charge in [-0.1, -0.05) is 90.6 Å². The summed E-state index contributed by atoms with van der Waals surface area (Å²) in [6.07, 6.45) is 0.938. The minimum atomic E-state index is -0.502. The molecule has 7 heteroatoms. The Morgan fingerprint density at radius 2 is 1.11 bits per heavy atom. The third kappa shape index (κ3) is 4.61. The quantitative estimate of drug-likeness (QED) is 0.174. The van der Waals surface area contributed by atoms with Gasteiger partial charge in [0.05, 0.1) is 27.9 Å². The molecule has 4 aromatic rings. The van der Waals surface area contributed by atoms with Crippen LogP contribution in [0.2, 0.25) is 0 Å². The lowest BCUT2D eigenvalue weighted by molar-refractivity contribution is 0.0692. The minimum absolute atomic E-state index is 0. The normalized spacial score (nSPS) is 18.8. The molecule has 0 radical (unpaired) electrons. The second-order valence-corrected chi connectivity index (χ2v) is 12.5. The Bertz CT molecular complexity index is 1960. The summed E-state index contributed by atoms with van der Waals surface area (Å²) in [5, 5.41) is 0. The van der Waals surface area contributed by atoms with E-state index in [9.17, 15) is 24.0 Å². The van der Waals surface area contributed by atoms with E-state index in [1.807, 2.05) is 38.1 Å². The monoisotopic (exact) mass is 614 g/mol. The van der Waals surface area contributed by atoms with Crippen LogP contribution >= 0.6 is 0 Å². The topological polar surface area (TPSA) is 91.8 Å². The zero-order valence-electron chi connectivity index (χ0n) is 26.2. The van der Waals surface area contributed by atoms with Crippen molar-refractivity contribution in [2.75, 3.05) is 11.9 Å². The van der Waals surface area contributed by atoms with Gasteiger partial charge in [-0.15, -0.1) is 0 Å². The highest BCUT2D eigenvalue weighted by Gasteiger charge is 2.45. The molecule has 3 aliphatic rings. The van der Waals surface area contributed by atoms with Crippen molar-refractivity contribution in [2.45, 2.75) is 59.3 Å². The molecule has 0 bridgehead atoms. The van der Waals surface area contributed by atoms with E-state index < -0.39 is 29.4 Å². The average Bonchev–Trinajstić information content (AvgIpc) is 3.54. The highest BCUT2D eigenvalue weighted by molar-refractivity contribution is 6.35. The summed E-state index contributed by atoms with van der Waals surface area (Å²) in [6, 6.07) is 24.9. The lowest BCUT2D eigenvalue weighted by atomic mass is 9.75. The van der Waals surface area contributed by atoms with Crippen molar-refractivity contribution in [3.8, 4) is 0 Å². The van der Waals surface area contributed by atoms with Crippen molar-refractivity contribution in [2.24, 2.45) is 0 Å². The fourth-order valence-corrected chi connectivity index (χ4v) is 7.15. The van der Waals surface area contributed by atoms with Crippen LogP contribution < -0.4 is 4.90 Å². The number of anilines is 1. The molecule has 0 saturated carbocycles. The van der Waals surface area contributed by atoms with Crippen molar-refractivity contribution in [1.82, 2.24) is 4.90 Å². The summed E-state index contributed by atoms with van der Waals surface area (Å²) < 4.78 is 0. The number of nitrogens with zero attached hydrogens (tertiary/aromatic N) is 2. The summed E-state index contributed by atoms with van der Waals surface area (Å²) in [4.78, 5) is 67.1. The van der Waals surface area contributed by atoms with Crippen LogP contribution in [0.4, 0.5) is 5.69 Å². The van der Waals surface area contributed by atoms with Crippen molar-refractivity contribution >= 4 is 35.1 Å². The van der Waals surface area contributed by atoms with Crippen molar-refractivity contribution in [1.29, 1.82) is 0 Å². The molecule has 234 valence electrons. The maximum absolute atomic E-state index is 13.5. The average molecular weight is 615 g/mol. The van der Waals surface area contributed by atoms with Crippen LogP contribution in [0.1, 0.15) is 123 Å². The number of benzene rings is 4. The molecule has 4 amide bonds. The SMILES string of the molecule is C.CC.CN1C(=O)c2ccc(C(=O)c3ccc4c(c3)C(=O)N(c3ccc(C5(C)CC(C)(C)c6ccccc65)cc3)C4=O)cc2C1=O. The predicted molar refractivity (Wildman–Crippen MR) is 179 cm³/mol. The molecule has 0 aromatic heterocycles. The molecule has 2 heterocycles. The Kier molecular flexibility index (Phi) is 7.93. The van der Waals surface area contributed by atoms with Gasteiger partial charge in [-0.05, 0) is 64.9 Å². The van der Waals surface area contributed by atoms with Gasteiger partial charge in [-0.2, -0.15) is 0 Å². The molecule has 1 aliphatic carbocycles. The van der Waals surface area contributed by atoms with Gasteiger partial charge in [0.15, 0.2) is 5.78 Å². The van der Waals surface area contributed by atoms with E-state index in [1.54, 1.807) is 0 Å². The summed E-state index contributed by atoms with van der Waals surface area (Å²) in [7, 11) is 1.39. The van der Waals surface area contributed by atoms with E-state index in [2.05, 4.69) is 45.0 Å². The summed E-state index contributed by atoms with van der Waals surface area (Å²) in [6.45, 7) is 10.8. The summed E-state index contributed by atoms with van der Waals surface area (Å²) in [5.74, 6) is -2.26. The van der Waals surface area contributed by atoms with Gasteiger partial charge in [-0.3, -0.25) is 28.9 Å². The van der Waals surface area contributed by atoms with E-state index in [-0.39, 0.29) is 51.6 Å². The Morgan fingerprint density at radius 3 is 1.70 bits per heavy atom. The molecule has 2 aliphatic heterocycles. The molecule has 0 fully saturated rings. The van der Waals surface area contributed by atoms with Crippen molar-refractivity contribution < 1.29 is 24.0 Å². The van der Waals surface area contributed by atoms with Gasteiger partial charge in [0.2, 0.25) is 0 Å². The number of carbonyl (C=O) groups is 5. The minimum Gasteiger partial charge on any atom is -0.289 e. The Morgan fingerprint density at radius 1 is 0.630 bits per heavy atom. The van der Waals surface area contributed by atoms with E-state index in [1.165, 1.54) is 54.6 Å². The number of ketones is 1. The zero-order valence-corrected chi connectivity index (χ0v) is 26.2. The maximum atomic E-state index is 13.5. The third-order valence-corrected chi connectivity index (χ3v) is 9.31. The van der Waals surface area contributed by atoms with E-state index in [4.69, 9.17) is 0 Å². The highest BCUT2D eigenvalue weighted by Crippen LogP contribution is 2.52. The Hall–Kier alpha value is -5.17. The zero-order chi connectivity index (χ0) is 32.4. The molecular formula is C39H38N2O5. The van der Waals surface area contributed by atoms with Crippen LogP contribution in [-0.2, 0) is 10.8 Å². The van der Waals surface area contributed by atoms with Gasteiger partial charge in [0.25, 0.3) is 23.6 Å². The van der Waals surface area contributed by atoms with Gasteiger partial charge in [0.1, 0.15) is 0 Å². The first-order valence-electron chi connectivity index (χ1n) is 15.2. The third-order valence-electron chi connectivity index (χ3n) is 9.31. The van der Waals surface area contributed by atoms with Crippen molar-refractivity contribution in [3.05, 3.63) is 135 Å². The summed E-state index contributed by atoms with van der Waals surface area (Å²) in [5.41, 5.74) is 5.20. The van der Waals surface area contributed by atoms with Crippen LogP contribution in [0.5, 0.6) is 0 Å². The summed E-state index contributed by atoms with van der Waals surface area (Å²) >= 11 is 0. The smallest absolute Gasteiger partial charge is 0.266 e. The van der Waals surface area contributed by atoms with E-state index >= 15 is 0 Å². The molecule has 1 unspecified atom stereocenters. The Labute approximate surface area is 269 Å². The van der Waals surface area contributed by atoms with Crippen LogP contribution in [0, 0.1) is 0 Å². The maximum Gasteiger partial charge on any atom is 0.266 e. The lowest BCUT2D eigenvalue weighted by Crippen LogP contribution is -2.29. The number of hydrogen-bond donors (Lipinski definition) is 0. The predicted octanol–water partition coefficient (Wildman–Crippen LogP) is 7.59. The fourth-order valence-electron chi connectivity index (χ4n) is 7.15. The largest absolute Gasteiger partial charge is 0.289 e. The van der Waals surface area contributed by atoms with Gasteiger partial charge < -0.3 is 0 Å². The van der Waals surface area contributed by atoms with Crippen LogP contribution in [-0.4, -0.2) is 41.4 Å². The van der Waals surface area contributed by atoms with Gasteiger partial charge in [0, 0.05) is 23.6 Å². The molecule has 7 rings (SSSR count). The molecule has 4 aromatic carbocycles. The first-order valence-corrected chi connectivity index (χ1v) is 15.2. The second kappa shape index (κ2) is 11.3. The van der Waals surface area contributed by atoms with Crippen molar-refractivity contribution in [3.63, 3.8) is 0 Å². The molecule has 1 atom stereocenters. The number of fused-ring (bicyclic) bond motifs is 3. The Balaban J connectivity index is 0.00000136. The number of rotatable bonds is 4. The number of carbonyl (C=O) groups excluding carboxylic acids is 5. The number of imide groups is 2. The fraction of sp³-hybridized carbons (Fsp3) is 0.256. The van der Waals surface area contributed by atoms with Gasteiger partial charge in [-0.25, -0.2) is 4.90 Å². The van der Waals surface area contributed by atoms with Crippen LogP contribution in [0.15, 0.2) is 84.9 Å². The molecular weight excluding hydrogens is 576 g/mol. The number of hydrogen-bond acceptors (Lipinski definition) is 5. The first kappa shape index (κ1) is 32.2. The number of amides is 4. The van der Waals surface area contributed by atoms with E-state index in [0.29, 0.717) is 5.69 Å². The second-order valence-electron chi connectivity index (χ2n) is 12.5. The first-order chi connectivity index (χ1) is 21.4. The standard InChI is InChI=1S/C36H28N2O5.C2H6.CH4/c1-35(2)19-36(3,29-8-6-5-7-28(29)35)22-11-13-23(14-12-22)38-33(42)25-16-10-21(18-27(25)34(38)43)30(39)20-9-15-24-26(17-20)32(41)37(4)31(24)40;1-2;/h5-18H,19H2,1-4H3;1-2H3;1H4. The lowest BCUT2D eigenvalue weighted by Gasteiger charge is -2.29.